The van der Waals surface area contributed by atoms with Gasteiger partial charge in [-0.05, 0) is 22.0 Å². The lowest BCUT2D eigenvalue weighted by Gasteiger charge is -2.36. The highest BCUT2D eigenvalue weighted by molar-refractivity contribution is 9.10. The van der Waals surface area contributed by atoms with Crippen LogP contribution in [0.5, 0.6) is 0 Å². The fraction of sp³-hybridized carbons (Fsp3) is 0.571. The Morgan fingerprint density at radius 2 is 2.41 bits per heavy atom. The lowest BCUT2D eigenvalue weighted by Crippen LogP contribution is -2.62. The molecule has 0 saturated carbocycles. The Bertz CT molecular complexity index is 533. The Hall–Kier alpha value is -1.22. The molecule has 122 valence electrons. The van der Waals surface area contributed by atoms with Gasteiger partial charge in [0.05, 0.1) is 30.9 Å². The Labute approximate surface area is 138 Å². The molecule has 1 aliphatic rings. The van der Waals surface area contributed by atoms with E-state index in [2.05, 4.69) is 31.5 Å². The molecule has 1 unspecified atom stereocenters. The van der Waals surface area contributed by atoms with Gasteiger partial charge in [-0.2, -0.15) is 0 Å². The van der Waals surface area contributed by atoms with Crippen molar-refractivity contribution in [3.63, 3.8) is 0 Å². The second-order valence-corrected chi connectivity index (χ2v) is 6.44. The number of morpholine rings is 1. The molecule has 8 heteroatoms. The standard InChI is InChI=1S/C14H21BrN4O3/c1-19(2)12-11(5-10(15)6-16-12)13(21)17-7-14(8-20)9-22-4-3-18-14/h5-6,18,20H,3-4,7-9H2,1-2H3,(H,17,21). The topological polar surface area (TPSA) is 86.7 Å². The molecule has 1 atom stereocenters. The van der Waals surface area contributed by atoms with Crippen LogP contribution in [-0.4, -0.2) is 68.5 Å². The molecule has 0 aliphatic carbocycles. The maximum absolute atomic E-state index is 12.5. The van der Waals surface area contributed by atoms with Gasteiger partial charge in [-0.1, -0.05) is 0 Å². The van der Waals surface area contributed by atoms with Crippen molar-refractivity contribution in [2.24, 2.45) is 0 Å². The first-order valence-electron chi connectivity index (χ1n) is 7.02. The molecule has 1 amide bonds. The van der Waals surface area contributed by atoms with Crippen molar-refractivity contribution in [2.75, 3.05) is 51.9 Å². The zero-order valence-electron chi connectivity index (χ0n) is 12.7. The highest BCUT2D eigenvalue weighted by Crippen LogP contribution is 2.20. The van der Waals surface area contributed by atoms with Gasteiger partial charge in [-0.25, -0.2) is 4.98 Å². The van der Waals surface area contributed by atoms with E-state index in [-0.39, 0.29) is 19.1 Å². The Morgan fingerprint density at radius 3 is 3.00 bits per heavy atom. The summed E-state index contributed by atoms with van der Waals surface area (Å²) in [6, 6.07) is 1.73. The van der Waals surface area contributed by atoms with Crippen LogP contribution in [0.3, 0.4) is 0 Å². The Morgan fingerprint density at radius 1 is 1.64 bits per heavy atom. The number of halogens is 1. The number of rotatable bonds is 5. The number of aliphatic hydroxyl groups is 1. The molecule has 22 heavy (non-hydrogen) atoms. The van der Waals surface area contributed by atoms with Crippen LogP contribution in [0.15, 0.2) is 16.7 Å². The number of aliphatic hydroxyl groups excluding tert-OH is 1. The number of hydrogen-bond acceptors (Lipinski definition) is 6. The minimum absolute atomic E-state index is 0.107. The summed E-state index contributed by atoms with van der Waals surface area (Å²) in [5.74, 6) is 0.351. The van der Waals surface area contributed by atoms with Gasteiger partial charge in [0.2, 0.25) is 0 Å². The van der Waals surface area contributed by atoms with Gasteiger partial charge in [0.1, 0.15) is 5.82 Å². The molecule has 1 fully saturated rings. The van der Waals surface area contributed by atoms with Crippen LogP contribution >= 0.6 is 15.9 Å². The Balaban J connectivity index is 2.10. The summed E-state index contributed by atoms with van der Waals surface area (Å²) in [4.78, 5) is 18.5. The van der Waals surface area contributed by atoms with Crippen LogP contribution in [0.2, 0.25) is 0 Å². The number of nitrogens with zero attached hydrogens (tertiary/aromatic N) is 2. The van der Waals surface area contributed by atoms with Crippen molar-refractivity contribution in [3.05, 3.63) is 22.3 Å². The van der Waals surface area contributed by atoms with Crippen LogP contribution in [0.25, 0.3) is 0 Å². The zero-order valence-corrected chi connectivity index (χ0v) is 14.3. The molecule has 0 radical (unpaired) electrons. The third-order valence-electron chi connectivity index (χ3n) is 3.52. The van der Waals surface area contributed by atoms with Crippen LogP contribution in [0, 0.1) is 0 Å². The number of hydrogen-bond donors (Lipinski definition) is 3. The highest BCUT2D eigenvalue weighted by atomic mass is 79.9. The van der Waals surface area contributed by atoms with Crippen molar-refractivity contribution in [3.8, 4) is 0 Å². The third kappa shape index (κ3) is 3.95. The first kappa shape index (κ1) is 17.1. The molecule has 0 spiro atoms. The van der Waals surface area contributed by atoms with Crippen LogP contribution in [0.4, 0.5) is 5.82 Å². The molecule has 0 aromatic carbocycles. The predicted molar refractivity (Wildman–Crippen MR) is 87.2 cm³/mol. The highest BCUT2D eigenvalue weighted by Gasteiger charge is 2.32. The maximum Gasteiger partial charge on any atom is 0.255 e. The number of pyridine rings is 1. The lowest BCUT2D eigenvalue weighted by molar-refractivity contribution is 0.0000356. The fourth-order valence-electron chi connectivity index (χ4n) is 2.28. The summed E-state index contributed by atoms with van der Waals surface area (Å²) in [5.41, 5.74) is -0.157. The molecule has 1 aliphatic heterocycles. The van der Waals surface area contributed by atoms with Crippen LogP contribution in [-0.2, 0) is 4.74 Å². The summed E-state index contributed by atoms with van der Waals surface area (Å²) in [6.45, 7) is 1.79. The van der Waals surface area contributed by atoms with Crippen molar-refractivity contribution in [1.82, 2.24) is 15.6 Å². The smallest absolute Gasteiger partial charge is 0.255 e. The summed E-state index contributed by atoms with van der Waals surface area (Å²) in [5, 5.41) is 15.7. The van der Waals surface area contributed by atoms with E-state index in [1.807, 2.05) is 14.1 Å². The number of carbonyl (C=O) groups excluding carboxylic acids is 1. The average molecular weight is 373 g/mol. The number of ether oxygens (including phenoxy) is 1. The monoisotopic (exact) mass is 372 g/mol. The van der Waals surface area contributed by atoms with Gasteiger partial charge in [0.25, 0.3) is 5.91 Å². The van der Waals surface area contributed by atoms with E-state index in [9.17, 15) is 9.90 Å². The number of nitrogens with one attached hydrogen (secondary N) is 2. The molecule has 3 N–H and O–H groups in total. The SMILES string of the molecule is CN(C)c1ncc(Br)cc1C(=O)NCC1(CO)COCCN1. The average Bonchev–Trinajstić information content (AvgIpc) is 2.53. The third-order valence-corrected chi connectivity index (χ3v) is 3.95. The van der Waals surface area contributed by atoms with E-state index < -0.39 is 5.54 Å². The van der Waals surface area contributed by atoms with E-state index in [4.69, 9.17) is 4.74 Å². The first-order valence-corrected chi connectivity index (χ1v) is 7.81. The summed E-state index contributed by atoms with van der Waals surface area (Å²) in [7, 11) is 3.66. The number of amides is 1. The predicted octanol–water partition coefficient (Wildman–Crippen LogP) is -0.00920. The molecule has 2 rings (SSSR count). The molecule has 1 aromatic rings. The van der Waals surface area contributed by atoms with Crippen molar-refractivity contribution in [2.45, 2.75) is 5.54 Å². The largest absolute Gasteiger partial charge is 0.394 e. The zero-order chi connectivity index (χ0) is 16.2. The van der Waals surface area contributed by atoms with E-state index >= 15 is 0 Å². The number of aromatic nitrogens is 1. The second-order valence-electron chi connectivity index (χ2n) is 5.52. The van der Waals surface area contributed by atoms with E-state index in [0.29, 0.717) is 31.1 Å². The molecule has 7 nitrogen and oxygen atoms in total. The van der Waals surface area contributed by atoms with Gasteiger partial charge in [-0.15, -0.1) is 0 Å². The number of carbonyl (C=O) groups is 1. The van der Waals surface area contributed by atoms with Gasteiger partial charge in [0, 0.05) is 37.9 Å². The van der Waals surface area contributed by atoms with Crippen LogP contribution in [0.1, 0.15) is 10.4 Å². The summed E-state index contributed by atoms with van der Waals surface area (Å²) >= 11 is 3.33. The molecule has 2 heterocycles. The normalized spacial score (nSPS) is 21.5. The Kier molecular flexibility index (Phi) is 5.74. The van der Waals surface area contributed by atoms with Gasteiger partial charge in [0.15, 0.2) is 0 Å². The molecular weight excluding hydrogens is 352 g/mol. The quantitative estimate of drug-likeness (QED) is 0.673. The van der Waals surface area contributed by atoms with Crippen LogP contribution < -0.4 is 15.5 Å². The van der Waals surface area contributed by atoms with Crippen molar-refractivity contribution >= 4 is 27.7 Å². The molecule has 0 bridgehead atoms. The molecule has 1 aromatic heterocycles. The van der Waals surface area contributed by atoms with E-state index in [0.717, 1.165) is 4.47 Å². The molecule has 1 saturated heterocycles. The van der Waals surface area contributed by atoms with E-state index in [1.54, 1.807) is 17.2 Å². The second kappa shape index (κ2) is 7.36. The maximum atomic E-state index is 12.5. The lowest BCUT2D eigenvalue weighted by atomic mass is 10.0. The van der Waals surface area contributed by atoms with E-state index in [1.165, 1.54) is 0 Å². The van der Waals surface area contributed by atoms with Gasteiger partial charge >= 0.3 is 0 Å². The fourth-order valence-corrected chi connectivity index (χ4v) is 2.61. The summed E-state index contributed by atoms with van der Waals surface area (Å²) in [6.07, 6.45) is 1.65. The van der Waals surface area contributed by atoms with Gasteiger partial charge < -0.3 is 25.4 Å². The minimum Gasteiger partial charge on any atom is -0.394 e. The molecular formula is C14H21BrN4O3. The minimum atomic E-state index is -0.633. The van der Waals surface area contributed by atoms with Crippen molar-refractivity contribution in [1.29, 1.82) is 0 Å². The van der Waals surface area contributed by atoms with Crippen molar-refractivity contribution < 1.29 is 14.6 Å². The number of anilines is 1. The summed E-state index contributed by atoms with van der Waals surface area (Å²) < 4.78 is 6.13. The first-order chi connectivity index (χ1) is 10.5. The van der Waals surface area contributed by atoms with Gasteiger partial charge in [-0.3, -0.25) is 4.79 Å².